The van der Waals surface area contributed by atoms with Crippen molar-refractivity contribution in [3.63, 3.8) is 0 Å². The Morgan fingerprint density at radius 2 is 1.54 bits per heavy atom. The topological polar surface area (TPSA) is 21.4 Å². The average Bonchev–Trinajstić information content (AvgIpc) is 3.56. The third-order valence-electron chi connectivity index (χ3n) is 8.40. The maximum atomic E-state index is 6.63. The molecule has 4 aromatic carbocycles. The van der Waals surface area contributed by atoms with Gasteiger partial charge < -0.3 is 4.74 Å². The molecule has 0 saturated heterocycles. The van der Waals surface area contributed by atoms with Crippen molar-refractivity contribution in [2.45, 2.75) is 5.66 Å². The first-order valence-corrected chi connectivity index (χ1v) is 12.0. The lowest BCUT2D eigenvalue weighted by Crippen LogP contribution is -2.71. The van der Waals surface area contributed by atoms with E-state index in [-0.39, 0.29) is 0 Å². The lowest BCUT2D eigenvalue weighted by atomic mass is 9.86. The Kier molecular flexibility index (Phi) is 2.49. The highest BCUT2D eigenvalue weighted by Crippen LogP contribution is 2.57. The van der Waals surface area contributed by atoms with Crippen LogP contribution in [0.15, 0.2) is 104 Å². The third kappa shape index (κ3) is 1.59. The molecule has 0 fully saturated rings. The summed E-state index contributed by atoms with van der Waals surface area (Å²) in [6.07, 6.45) is 6.72. The van der Waals surface area contributed by atoms with Crippen LogP contribution in [0.3, 0.4) is 0 Å². The van der Waals surface area contributed by atoms with Crippen molar-refractivity contribution in [1.29, 1.82) is 0 Å². The number of pyridine rings is 2. The molecule has 0 saturated carbocycles. The SMILES string of the molecule is c1cc2c3c(c1)-c1cccc[n+]1C31c3c(ccc4c5cc6ccccc6cc5n5cc[n+]1c5c34)O2. The van der Waals surface area contributed by atoms with Crippen molar-refractivity contribution in [1.82, 2.24) is 4.40 Å². The summed E-state index contributed by atoms with van der Waals surface area (Å²) in [5, 5.41) is 6.34. The fraction of sp³-hybridized carbons (Fsp3) is 0.0323. The molecule has 6 heterocycles. The van der Waals surface area contributed by atoms with Gasteiger partial charge in [-0.1, -0.05) is 30.3 Å². The molecular weight excluding hydrogens is 430 g/mol. The summed E-state index contributed by atoms with van der Waals surface area (Å²) in [6.45, 7) is 0. The molecule has 3 aliphatic heterocycles. The van der Waals surface area contributed by atoms with Crippen molar-refractivity contribution in [3.8, 4) is 22.8 Å². The van der Waals surface area contributed by atoms with Crippen LogP contribution in [0.5, 0.6) is 11.5 Å². The molecule has 10 rings (SSSR count). The predicted molar refractivity (Wildman–Crippen MR) is 134 cm³/mol. The quantitative estimate of drug-likeness (QED) is 0.167. The van der Waals surface area contributed by atoms with Gasteiger partial charge in [-0.05, 0) is 53.2 Å². The average molecular weight is 447 g/mol. The van der Waals surface area contributed by atoms with Crippen molar-refractivity contribution < 1.29 is 13.9 Å². The molecular formula is C31H17N3O+2. The van der Waals surface area contributed by atoms with Crippen LogP contribution in [0.2, 0.25) is 0 Å². The van der Waals surface area contributed by atoms with Crippen molar-refractivity contribution in [2.75, 3.05) is 0 Å². The number of aromatic nitrogens is 3. The highest BCUT2D eigenvalue weighted by molar-refractivity contribution is 6.17. The molecule has 1 atom stereocenters. The van der Waals surface area contributed by atoms with E-state index in [0.29, 0.717) is 0 Å². The van der Waals surface area contributed by atoms with E-state index < -0.39 is 5.66 Å². The van der Waals surface area contributed by atoms with E-state index in [1.807, 2.05) is 0 Å². The highest BCUT2D eigenvalue weighted by Gasteiger charge is 2.67. The summed E-state index contributed by atoms with van der Waals surface area (Å²) in [7, 11) is 0. The standard InChI is InChI=1S/C31H17N3O/c1-2-7-19-17-24-22(16-18(19)6-1)20-11-12-26-29-27(20)30-32(24)14-15-34(30)31(29)28-21(8-5-10-25(28)35-26)23-9-3-4-13-33(23)31/h1-17H/q+2. The number of fused-ring (bicyclic) bond motifs is 6. The van der Waals surface area contributed by atoms with Gasteiger partial charge in [0, 0.05) is 22.9 Å². The summed E-state index contributed by atoms with van der Waals surface area (Å²) in [5.74, 6) is 1.88. The molecule has 4 heteroatoms. The van der Waals surface area contributed by atoms with Gasteiger partial charge in [0.25, 0.3) is 0 Å². The normalized spacial score (nSPS) is 18.1. The van der Waals surface area contributed by atoms with Gasteiger partial charge in [0.05, 0.1) is 10.9 Å². The molecule has 0 aliphatic carbocycles. The number of ether oxygens (including phenoxy) is 1. The first-order chi connectivity index (χ1) is 17.4. The predicted octanol–water partition coefficient (Wildman–Crippen LogP) is 5.67. The Morgan fingerprint density at radius 3 is 2.49 bits per heavy atom. The van der Waals surface area contributed by atoms with E-state index in [9.17, 15) is 0 Å². The number of hydrogen-bond acceptors (Lipinski definition) is 1. The first-order valence-electron chi connectivity index (χ1n) is 12.0. The van der Waals surface area contributed by atoms with E-state index in [1.165, 1.54) is 60.5 Å². The van der Waals surface area contributed by atoms with Crippen LogP contribution in [0.25, 0.3) is 49.4 Å². The zero-order valence-corrected chi connectivity index (χ0v) is 18.6. The molecule has 0 bridgehead atoms. The van der Waals surface area contributed by atoms with Gasteiger partial charge in [-0.2, -0.15) is 8.97 Å². The van der Waals surface area contributed by atoms with Crippen LogP contribution in [-0.4, -0.2) is 4.40 Å². The molecule has 0 amide bonds. The molecule has 0 N–H and O–H groups in total. The Hall–Kier alpha value is -4.70. The second-order valence-electron chi connectivity index (χ2n) is 9.85. The maximum absolute atomic E-state index is 6.63. The zero-order valence-electron chi connectivity index (χ0n) is 18.6. The Morgan fingerprint density at radius 1 is 0.686 bits per heavy atom. The minimum atomic E-state index is -0.497. The molecule has 7 aromatic rings. The lowest BCUT2D eigenvalue weighted by Gasteiger charge is -2.27. The fourth-order valence-electron chi connectivity index (χ4n) is 7.18. The fourth-order valence-corrected chi connectivity index (χ4v) is 7.18. The molecule has 1 spiro atoms. The van der Waals surface area contributed by atoms with Gasteiger partial charge in [-0.3, -0.25) is 0 Å². The van der Waals surface area contributed by atoms with E-state index in [0.717, 1.165) is 11.5 Å². The summed E-state index contributed by atoms with van der Waals surface area (Å²) in [5.41, 5.74) is 6.88. The molecule has 4 nitrogen and oxygen atoms in total. The zero-order chi connectivity index (χ0) is 22.5. The largest absolute Gasteiger partial charge is 0.456 e. The summed E-state index contributed by atoms with van der Waals surface area (Å²) >= 11 is 0. The van der Waals surface area contributed by atoms with Gasteiger partial charge >= 0.3 is 11.3 Å². The molecule has 35 heavy (non-hydrogen) atoms. The van der Waals surface area contributed by atoms with E-state index in [1.54, 1.807) is 0 Å². The summed E-state index contributed by atoms with van der Waals surface area (Å²) in [6, 6.07) is 30.7. The minimum Gasteiger partial charge on any atom is -0.456 e. The third-order valence-corrected chi connectivity index (χ3v) is 8.40. The van der Waals surface area contributed by atoms with Gasteiger partial charge in [0.15, 0.2) is 6.20 Å². The van der Waals surface area contributed by atoms with Crippen LogP contribution in [0, 0.1) is 0 Å². The molecule has 3 aliphatic rings. The van der Waals surface area contributed by atoms with Crippen molar-refractivity contribution in [2.24, 2.45) is 0 Å². The van der Waals surface area contributed by atoms with Gasteiger partial charge in [-0.25, -0.2) is 0 Å². The number of benzene rings is 4. The van der Waals surface area contributed by atoms with Crippen LogP contribution >= 0.6 is 0 Å². The number of imidazole rings is 1. The monoisotopic (exact) mass is 447 g/mol. The summed E-state index contributed by atoms with van der Waals surface area (Å²) in [4.78, 5) is 0. The smallest absolute Gasteiger partial charge is 0.371 e. The first kappa shape index (κ1) is 16.8. The second kappa shape index (κ2) is 5.18. The Labute approximate surface area is 199 Å². The highest BCUT2D eigenvalue weighted by atomic mass is 16.5. The molecule has 0 radical (unpaired) electrons. The van der Waals surface area contributed by atoms with Gasteiger partial charge in [0.2, 0.25) is 5.69 Å². The summed E-state index contributed by atoms with van der Waals surface area (Å²) < 4.78 is 13.9. The van der Waals surface area contributed by atoms with Crippen LogP contribution < -0.4 is 13.9 Å². The van der Waals surface area contributed by atoms with E-state index >= 15 is 0 Å². The molecule has 1 unspecified atom stereocenters. The minimum absolute atomic E-state index is 0.497. The molecule has 3 aromatic heterocycles. The van der Waals surface area contributed by atoms with E-state index in [4.69, 9.17) is 4.74 Å². The second-order valence-corrected chi connectivity index (χ2v) is 9.85. The van der Waals surface area contributed by atoms with Crippen LogP contribution in [0.1, 0.15) is 11.1 Å². The maximum Gasteiger partial charge on any atom is 0.371 e. The lowest BCUT2D eigenvalue weighted by molar-refractivity contribution is -0.950. The number of hydrogen-bond donors (Lipinski definition) is 0. The number of nitrogens with zero attached hydrogens (tertiary/aromatic N) is 3. The van der Waals surface area contributed by atoms with Crippen LogP contribution in [0.4, 0.5) is 0 Å². The van der Waals surface area contributed by atoms with E-state index in [2.05, 4.69) is 117 Å². The number of rotatable bonds is 0. The van der Waals surface area contributed by atoms with Crippen LogP contribution in [-0.2, 0) is 5.66 Å². The van der Waals surface area contributed by atoms with Crippen molar-refractivity contribution in [3.05, 3.63) is 115 Å². The Balaban J connectivity index is 1.52. The van der Waals surface area contributed by atoms with Gasteiger partial charge in [0.1, 0.15) is 40.5 Å². The Bertz CT molecular complexity index is 2160. The molecule has 160 valence electrons. The van der Waals surface area contributed by atoms with Crippen molar-refractivity contribution >= 4 is 38.1 Å². The van der Waals surface area contributed by atoms with Gasteiger partial charge in [-0.15, -0.1) is 4.57 Å².